The number of imide groups is 1. The molecular formula is C22H30N2O2. The van der Waals surface area contributed by atoms with Crippen LogP contribution in [0.1, 0.15) is 63.2 Å². The molecule has 5 rings (SSSR count). The van der Waals surface area contributed by atoms with Crippen molar-refractivity contribution < 1.29 is 9.59 Å². The second-order valence-corrected chi connectivity index (χ2v) is 9.87. The summed E-state index contributed by atoms with van der Waals surface area (Å²) in [5, 5.41) is 0.912. The van der Waals surface area contributed by atoms with Crippen LogP contribution in [-0.2, 0) is 4.79 Å². The summed E-state index contributed by atoms with van der Waals surface area (Å²) in [5.74, 6) is 7.28. The summed E-state index contributed by atoms with van der Waals surface area (Å²) in [6, 6.07) is 8.87. The number of hydrogen-bond acceptors (Lipinski definition) is 3. The Morgan fingerprint density at radius 1 is 1.04 bits per heavy atom. The van der Waals surface area contributed by atoms with Crippen molar-refractivity contribution >= 4 is 11.8 Å². The molecule has 4 fully saturated rings. The fourth-order valence-electron chi connectivity index (χ4n) is 6.53. The number of nitrogens with zero attached hydrogens (tertiary/aromatic N) is 1. The van der Waals surface area contributed by atoms with Crippen LogP contribution in [0.5, 0.6) is 0 Å². The number of amides is 2. The first kappa shape index (κ1) is 17.7. The minimum atomic E-state index is -0.395. The van der Waals surface area contributed by atoms with Gasteiger partial charge in [0.15, 0.2) is 0 Å². The van der Waals surface area contributed by atoms with E-state index < -0.39 is 5.91 Å². The molecule has 140 valence electrons. The standard InChI is InChI=1S/C22H30N2O2/c1-21(2,3)22-12-14-9-15(13-22)11-17(10-14)18(22)20(26)24(23)19(25)16-7-5-4-6-8-16/h4-8,14-15,17-18H,9-13,23H2,1-3H3. The Balaban J connectivity index is 1.67. The number of hydrazine groups is 1. The molecule has 2 amide bonds. The summed E-state index contributed by atoms with van der Waals surface area (Å²) >= 11 is 0. The fraction of sp³-hybridized carbons (Fsp3) is 0.636. The highest BCUT2D eigenvalue weighted by molar-refractivity contribution is 6.05. The molecule has 2 N–H and O–H groups in total. The quantitative estimate of drug-likeness (QED) is 0.378. The maximum atomic E-state index is 13.5. The van der Waals surface area contributed by atoms with Crippen molar-refractivity contribution in [1.82, 2.24) is 5.01 Å². The molecule has 26 heavy (non-hydrogen) atoms. The largest absolute Gasteiger partial charge is 0.274 e. The van der Waals surface area contributed by atoms with Crippen LogP contribution in [0.25, 0.3) is 0 Å². The number of benzene rings is 1. The van der Waals surface area contributed by atoms with Crippen LogP contribution < -0.4 is 5.84 Å². The summed E-state index contributed by atoms with van der Waals surface area (Å²) in [4.78, 5) is 26.2. The molecule has 4 aliphatic rings. The van der Waals surface area contributed by atoms with E-state index in [9.17, 15) is 9.59 Å². The average molecular weight is 354 g/mol. The van der Waals surface area contributed by atoms with E-state index in [1.165, 1.54) is 6.42 Å². The molecule has 0 spiro atoms. The first-order valence-corrected chi connectivity index (χ1v) is 9.91. The Bertz CT molecular complexity index is 707. The highest BCUT2D eigenvalue weighted by Crippen LogP contribution is 2.68. The van der Waals surface area contributed by atoms with Crippen molar-refractivity contribution in [1.29, 1.82) is 0 Å². The van der Waals surface area contributed by atoms with Gasteiger partial charge in [-0.15, -0.1) is 0 Å². The van der Waals surface area contributed by atoms with E-state index in [1.54, 1.807) is 24.3 Å². The predicted octanol–water partition coefficient (Wildman–Crippen LogP) is 4.02. The van der Waals surface area contributed by atoms with Crippen molar-refractivity contribution in [3.05, 3.63) is 35.9 Å². The molecular weight excluding hydrogens is 324 g/mol. The first-order chi connectivity index (χ1) is 12.2. The third kappa shape index (κ3) is 2.53. The van der Waals surface area contributed by atoms with Gasteiger partial charge in [-0.25, -0.2) is 10.9 Å². The van der Waals surface area contributed by atoms with E-state index in [0.29, 0.717) is 11.5 Å². The van der Waals surface area contributed by atoms with Crippen molar-refractivity contribution in [2.24, 2.45) is 40.3 Å². The van der Waals surface area contributed by atoms with Gasteiger partial charge in [-0.2, -0.15) is 0 Å². The lowest BCUT2D eigenvalue weighted by molar-refractivity contribution is -0.184. The second kappa shape index (κ2) is 5.91. The predicted molar refractivity (Wildman–Crippen MR) is 101 cm³/mol. The normalized spacial score (nSPS) is 35.4. The molecule has 4 bridgehead atoms. The Morgan fingerprint density at radius 3 is 2.15 bits per heavy atom. The van der Waals surface area contributed by atoms with Gasteiger partial charge in [-0.1, -0.05) is 39.0 Å². The summed E-state index contributed by atoms with van der Waals surface area (Å²) in [5.41, 5.74) is 0.463. The number of rotatable bonds is 2. The van der Waals surface area contributed by atoms with Gasteiger partial charge in [-0.05, 0) is 72.8 Å². The Labute approximate surface area is 156 Å². The number of carbonyl (C=O) groups is 2. The minimum Gasteiger partial charge on any atom is -0.273 e. The van der Waals surface area contributed by atoms with Gasteiger partial charge < -0.3 is 0 Å². The van der Waals surface area contributed by atoms with Crippen LogP contribution in [0, 0.1) is 34.5 Å². The molecule has 0 saturated heterocycles. The molecule has 4 nitrogen and oxygen atoms in total. The van der Waals surface area contributed by atoms with Gasteiger partial charge in [-0.3, -0.25) is 9.59 Å². The fourth-order valence-corrected chi connectivity index (χ4v) is 6.53. The van der Waals surface area contributed by atoms with E-state index in [-0.39, 0.29) is 22.7 Å². The zero-order valence-corrected chi connectivity index (χ0v) is 16.1. The summed E-state index contributed by atoms with van der Waals surface area (Å²) in [6.07, 6.45) is 5.78. The van der Waals surface area contributed by atoms with Gasteiger partial charge in [0.1, 0.15) is 0 Å². The number of nitrogens with two attached hydrogens (primary N) is 1. The Morgan fingerprint density at radius 2 is 1.62 bits per heavy atom. The van der Waals surface area contributed by atoms with Crippen molar-refractivity contribution in [3.8, 4) is 0 Å². The van der Waals surface area contributed by atoms with E-state index in [0.717, 1.165) is 42.5 Å². The molecule has 0 radical (unpaired) electrons. The molecule has 0 heterocycles. The zero-order chi connectivity index (χ0) is 18.7. The van der Waals surface area contributed by atoms with Crippen LogP contribution in [0.2, 0.25) is 0 Å². The van der Waals surface area contributed by atoms with Gasteiger partial charge in [0.2, 0.25) is 5.91 Å². The van der Waals surface area contributed by atoms with Gasteiger partial charge in [0, 0.05) is 11.5 Å². The smallest absolute Gasteiger partial charge is 0.273 e. The molecule has 4 aliphatic carbocycles. The molecule has 4 saturated carbocycles. The summed E-state index contributed by atoms with van der Waals surface area (Å²) in [7, 11) is 0. The zero-order valence-electron chi connectivity index (χ0n) is 16.1. The molecule has 0 aliphatic heterocycles. The van der Waals surface area contributed by atoms with Gasteiger partial charge in [0.05, 0.1) is 0 Å². The van der Waals surface area contributed by atoms with Gasteiger partial charge in [0.25, 0.3) is 5.91 Å². The maximum Gasteiger partial charge on any atom is 0.274 e. The van der Waals surface area contributed by atoms with Crippen molar-refractivity contribution in [2.45, 2.75) is 52.9 Å². The third-order valence-electron chi connectivity index (χ3n) is 7.55. The van der Waals surface area contributed by atoms with E-state index >= 15 is 0 Å². The van der Waals surface area contributed by atoms with Crippen LogP contribution >= 0.6 is 0 Å². The van der Waals surface area contributed by atoms with Gasteiger partial charge >= 0.3 is 0 Å². The molecule has 1 aromatic carbocycles. The van der Waals surface area contributed by atoms with Crippen LogP contribution in [0.4, 0.5) is 0 Å². The lowest BCUT2D eigenvalue weighted by Gasteiger charge is -2.65. The molecule has 0 aromatic heterocycles. The highest BCUT2D eigenvalue weighted by Gasteiger charge is 2.63. The lowest BCUT2D eigenvalue weighted by Crippen LogP contribution is -2.63. The number of hydrogen-bond donors (Lipinski definition) is 1. The van der Waals surface area contributed by atoms with Crippen molar-refractivity contribution in [3.63, 3.8) is 0 Å². The summed E-state index contributed by atoms with van der Waals surface area (Å²) in [6.45, 7) is 6.79. The summed E-state index contributed by atoms with van der Waals surface area (Å²) < 4.78 is 0. The topological polar surface area (TPSA) is 63.4 Å². The van der Waals surface area contributed by atoms with Crippen LogP contribution in [0.15, 0.2) is 30.3 Å². The van der Waals surface area contributed by atoms with E-state index in [2.05, 4.69) is 20.8 Å². The Kier molecular flexibility index (Phi) is 4.03. The first-order valence-electron chi connectivity index (χ1n) is 9.91. The maximum absolute atomic E-state index is 13.5. The van der Waals surface area contributed by atoms with Crippen LogP contribution in [-0.4, -0.2) is 16.8 Å². The molecule has 3 unspecified atom stereocenters. The molecule has 4 heteroatoms. The minimum absolute atomic E-state index is 0.0277. The van der Waals surface area contributed by atoms with E-state index in [4.69, 9.17) is 5.84 Å². The second-order valence-electron chi connectivity index (χ2n) is 9.87. The Hall–Kier alpha value is -1.68. The SMILES string of the molecule is CC(C)(C)C12CC3CC(CC(C3)C1C(=O)N(N)C(=O)c1ccccc1)C2. The van der Waals surface area contributed by atoms with E-state index in [1.807, 2.05) is 6.07 Å². The average Bonchev–Trinajstić information content (AvgIpc) is 2.59. The van der Waals surface area contributed by atoms with Crippen LogP contribution in [0.3, 0.4) is 0 Å². The number of carbonyl (C=O) groups excluding carboxylic acids is 2. The van der Waals surface area contributed by atoms with Crippen molar-refractivity contribution in [2.75, 3.05) is 0 Å². The lowest BCUT2D eigenvalue weighted by atomic mass is 9.39. The molecule has 1 aromatic rings. The monoisotopic (exact) mass is 354 g/mol. The highest BCUT2D eigenvalue weighted by atomic mass is 16.2. The third-order valence-corrected chi connectivity index (χ3v) is 7.55. The molecule has 3 atom stereocenters.